The average molecular weight is 1020 g/mol. The van der Waals surface area contributed by atoms with E-state index in [1.807, 2.05) is 18.2 Å². The van der Waals surface area contributed by atoms with Crippen LogP contribution >= 0.6 is 0 Å². The number of rotatable bonds is 14. The molecular weight excluding hydrogens is 957 g/mol. The summed E-state index contributed by atoms with van der Waals surface area (Å²) in [5, 5.41) is 2.21. The van der Waals surface area contributed by atoms with Crippen molar-refractivity contribution in [1.29, 1.82) is 0 Å². The first-order valence-electron chi connectivity index (χ1n) is 26.7. The molecule has 11 rings (SSSR count). The standard InChI is InChI=1S/C73H60N4.C2H2/c1-8-29-52(9-2)71-69(54-33-17-13-18-34-54)75-73(63-42-23-21-30-49(63)5)77(71)51(7)56-38-27-39-57(46-56)67-61(10-3)62(11-4)68(65-44-25-24-43-64(65)67)58-40-28-41-59(47-58)72-74-66-45-26-22-37-60(66)48-76(72)70(55-35-19-14-20-36-55)50(6)53-31-15-12-16-32-53;1-2/h8-47H,3-4,7,48H2,1-2,5-6H3;1-2H/b29-8-,52-9+,70-50+;. The number of para-hydroxylation sites is 1. The number of nitrogens with zero attached hydrogens (tertiary/aromatic N) is 4. The van der Waals surface area contributed by atoms with Crippen molar-refractivity contribution in [2.24, 2.45) is 4.99 Å². The van der Waals surface area contributed by atoms with Gasteiger partial charge in [-0.2, -0.15) is 0 Å². The van der Waals surface area contributed by atoms with Crippen molar-refractivity contribution in [3.8, 4) is 57.7 Å². The van der Waals surface area contributed by atoms with Gasteiger partial charge in [0.25, 0.3) is 0 Å². The molecule has 2 heterocycles. The van der Waals surface area contributed by atoms with Crippen molar-refractivity contribution < 1.29 is 0 Å². The van der Waals surface area contributed by atoms with E-state index >= 15 is 0 Å². The van der Waals surface area contributed by atoms with E-state index in [1.54, 1.807) is 0 Å². The van der Waals surface area contributed by atoms with E-state index in [0.717, 1.165) is 129 Å². The molecule has 0 atom stereocenters. The third-order valence-corrected chi connectivity index (χ3v) is 14.8. The molecule has 0 radical (unpaired) electrons. The molecule has 0 spiro atoms. The minimum atomic E-state index is 0.658. The van der Waals surface area contributed by atoms with Crippen molar-refractivity contribution in [2.45, 2.75) is 34.2 Å². The Kier molecular flexibility index (Phi) is 15.5. The summed E-state index contributed by atoms with van der Waals surface area (Å²) in [7, 11) is 0. The van der Waals surface area contributed by atoms with E-state index in [2.05, 4.69) is 288 Å². The zero-order chi connectivity index (χ0) is 55.0. The highest BCUT2D eigenvalue weighted by Crippen LogP contribution is 2.46. The van der Waals surface area contributed by atoms with Gasteiger partial charge in [-0.05, 0) is 129 Å². The maximum atomic E-state index is 5.52. The van der Waals surface area contributed by atoms with E-state index in [0.29, 0.717) is 6.54 Å². The van der Waals surface area contributed by atoms with Gasteiger partial charge < -0.3 is 4.90 Å². The van der Waals surface area contributed by atoms with Gasteiger partial charge in [0.1, 0.15) is 11.7 Å². The maximum Gasteiger partial charge on any atom is 0.146 e. The topological polar surface area (TPSA) is 33.4 Å². The number of amidine groups is 1. The largest absolute Gasteiger partial charge is 0.321 e. The van der Waals surface area contributed by atoms with Crippen LogP contribution in [0.15, 0.2) is 255 Å². The van der Waals surface area contributed by atoms with Crippen molar-refractivity contribution in [3.05, 3.63) is 300 Å². The molecule has 0 N–H and O–H groups in total. The number of hydrogen-bond acceptors (Lipinski definition) is 3. The highest BCUT2D eigenvalue weighted by atomic mass is 15.2. The van der Waals surface area contributed by atoms with E-state index < -0.39 is 0 Å². The van der Waals surface area contributed by atoms with Gasteiger partial charge in [0.05, 0.1) is 29.3 Å². The van der Waals surface area contributed by atoms with Crippen LogP contribution in [0.1, 0.15) is 71.0 Å². The first kappa shape index (κ1) is 52.4. The number of aromatic nitrogens is 2. The zero-order valence-electron chi connectivity index (χ0n) is 45.4. The molecule has 9 aromatic carbocycles. The predicted octanol–water partition coefficient (Wildman–Crippen LogP) is 19.5. The Morgan fingerprint density at radius 1 is 0.570 bits per heavy atom. The lowest BCUT2D eigenvalue weighted by atomic mass is 9.83. The molecule has 0 aliphatic carbocycles. The summed E-state index contributed by atoms with van der Waals surface area (Å²) < 4.78 is 2.26. The molecule has 1 aromatic heterocycles. The predicted molar refractivity (Wildman–Crippen MR) is 339 cm³/mol. The summed E-state index contributed by atoms with van der Waals surface area (Å²) in [5.41, 5.74) is 21.9. The fraction of sp³-hybridized carbons (Fsp3) is 0.0667. The van der Waals surface area contributed by atoms with Crippen molar-refractivity contribution in [2.75, 3.05) is 0 Å². The molecule has 0 fully saturated rings. The van der Waals surface area contributed by atoms with Gasteiger partial charge in [0.15, 0.2) is 0 Å². The van der Waals surface area contributed by atoms with Crippen LogP contribution in [0.25, 0.3) is 90.4 Å². The lowest BCUT2D eigenvalue weighted by molar-refractivity contribution is 0.570. The van der Waals surface area contributed by atoms with Gasteiger partial charge in [-0.3, -0.25) is 4.57 Å². The fourth-order valence-corrected chi connectivity index (χ4v) is 11.1. The second kappa shape index (κ2) is 23.4. The molecule has 0 bridgehead atoms. The lowest BCUT2D eigenvalue weighted by Crippen LogP contribution is -2.33. The quantitative estimate of drug-likeness (QED) is 0.0618. The monoisotopic (exact) mass is 1020 g/mol. The van der Waals surface area contributed by atoms with Crippen LogP contribution in [-0.2, 0) is 6.54 Å². The lowest BCUT2D eigenvalue weighted by Gasteiger charge is -2.34. The van der Waals surface area contributed by atoms with Gasteiger partial charge in [0.2, 0.25) is 0 Å². The highest BCUT2D eigenvalue weighted by Gasteiger charge is 2.29. The third kappa shape index (κ3) is 9.99. The molecule has 79 heavy (non-hydrogen) atoms. The molecule has 4 nitrogen and oxygen atoms in total. The number of aryl methyl sites for hydroxylation is 1. The number of benzene rings is 9. The molecule has 0 saturated heterocycles. The van der Waals surface area contributed by atoms with E-state index in [4.69, 9.17) is 16.6 Å². The Morgan fingerprint density at radius 3 is 1.73 bits per heavy atom. The van der Waals surface area contributed by atoms with E-state index in [-0.39, 0.29) is 0 Å². The summed E-state index contributed by atoms with van der Waals surface area (Å²) in [6.45, 7) is 23.1. The number of hydrogen-bond donors (Lipinski definition) is 0. The Hall–Kier alpha value is -10.1. The van der Waals surface area contributed by atoms with Crippen LogP contribution in [0.4, 0.5) is 5.69 Å². The second-order valence-corrected chi connectivity index (χ2v) is 19.4. The van der Waals surface area contributed by atoms with Crippen LogP contribution < -0.4 is 0 Å². The Labute approximate surface area is 466 Å². The van der Waals surface area contributed by atoms with E-state index in [1.165, 1.54) is 11.1 Å². The summed E-state index contributed by atoms with van der Waals surface area (Å²) in [5.74, 6) is 1.72. The van der Waals surface area contributed by atoms with Gasteiger partial charge in [0, 0.05) is 22.4 Å². The summed E-state index contributed by atoms with van der Waals surface area (Å²) in [6.07, 6.45) is 18.4. The Balaban J connectivity index is 0.00000348. The van der Waals surface area contributed by atoms with E-state index in [9.17, 15) is 0 Å². The Bertz CT molecular complexity index is 4080. The zero-order valence-corrected chi connectivity index (χ0v) is 45.4. The number of allylic oxidation sites excluding steroid dienone is 5. The summed E-state index contributed by atoms with van der Waals surface area (Å²) in [6, 6.07) is 75.2. The summed E-state index contributed by atoms with van der Waals surface area (Å²) >= 11 is 0. The number of fused-ring (bicyclic) bond motifs is 2. The normalized spacial score (nSPS) is 12.5. The average Bonchev–Trinajstić information content (AvgIpc) is 3.93. The van der Waals surface area contributed by atoms with Crippen LogP contribution in [0.2, 0.25) is 0 Å². The van der Waals surface area contributed by atoms with Gasteiger partial charge in [-0.1, -0.05) is 244 Å². The first-order valence-corrected chi connectivity index (χ1v) is 26.7. The van der Waals surface area contributed by atoms with Crippen LogP contribution in [0.3, 0.4) is 0 Å². The molecule has 10 aromatic rings. The molecule has 4 heteroatoms. The van der Waals surface area contributed by atoms with Gasteiger partial charge in [-0.25, -0.2) is 9.98 Å². The smallest absolute Gasteiger partial charge is 0.146 e. The molecule has 0 unspecified atom stereocenters. The third-order valence-electron chi connectivity index (χ3n) is 14.8. The van der Waals surface area contributed by atoms with Crippen molar-refractivity contribution in [1.82, 2.24) is 14.5 Å². The Morgan fingerprint density at radius 2 is 1.10 bits per heavy atom. The number of aliphatic imine (C=N–C) groups is 1. The van der Waals surface area contributed by atoms with Crippen LogP contribution in [-0.4, -0.2) is 20.3 Å². The van der Waals surface area contributed by atoms with Gasteiger partial charge >= 0.3 is 0 Å². The minimum Gasteiger partial charge on any atom is -0.321 e. The fourth-order valence-electron chi connectivity index (χ4n) is 11.1. The number of imidazole rings is 1. The minimum absolute atomic E-state index is 0.658. The van der Waals surface area contributed by atoms with Crippen molar-refractivity contribution in [3.63, 3.8) is 0 Å². The highest BCUT2D eigenvalue weighted by molar-refractivity contribution is 6.14. The maximum absolute atomic E-state index is 5.52. The van der Waals surface area contributed by atoms with Crippen LogP contribution in [0, 0.1) is 19.8 Å². The molecular formula is C75H62N4. The van der Waals surface area contributed by atoms with Crippen LogP contribution in [0.5, 0.6) is 0 Å². The second-order valence-electron chi connectivity index (χ2n) is 19.4. The SMILES string of the molecule is C#C.C=Cc1c(C=C)c(-c2cccc(C3=Nc4ccccc4CN3/C(=C(\C)c3ccccc3)c3ccccc3)c2)c2ccccc2c1-c1cccc(C(=C)n2c(-c3ccccc3C)nc(-c3ccccc3)c2C(/C=C\C)=C/C)c1. The molecule has 1 aliphatic heterocycles. The molecule has 1 aliphatic rings. The molecule has 0 amide bonds. The van der Waals surface area contributed by atoms with Gasteiger partial charge in [-0.15, -0.1) is 12.8 Å². The summed E-state index contributed by atoms with van der Waals surface area (Å²) in [4.78, 5) is 13.4. The molecule has 0 saturated carbocycles. The first-order chi connectivity index (χ1) is 38.8. The molecule has 382 valence electrons. The number of terminal acetylenes is 1. The van der Waals surface area contributed by atoms with Crippen molar-refractivity contribution >= 4 is 57.0 Å².